The number of nitrogens with zero attached hydrogens (tertiary/aromatic N) is 2. The van der Waals surface area contributed by atoms with Crippen LogP contribution in [0.2, 0.25) is 5.02 Å². The minimum Gasteiger partial charge on any atom is -0.465 e. The van der Waals surface area contributed by atoms with Crippen LogP contribution < -0.4 is 5.32 Å². The van der Waals surface area contributed by atoms with E-state index in [-0.39, 0.29) is 25.0 Å². The molecule has 0 spiro atoms. The average Bonchev–Trinajstić information content (AvgIpc) is 2.47. The van der Waals surface area contributed by atoms with Gasteiger partial charge in [-0.25, -0.2) is 4.98 Å². The van der Waals surface area contributed by atoms with Crippen LogP contribution in [-0.2, 0) is 19.1 Å². The molecule has 0 aliphatic carbocycles. The number of methoxy groups -OCH3 is 1. The zero-order valence-corrected chi connectivity index (χ0v) is 13.4. The summed E-state index contributed by atoms with van der Waals surface area (Å²) in [5.74, 6) is -0.261. The molecule has 1 heterocycles. The van der Waals surface area contributed by atoms with E-state index in [1.54, 1.807) is 31.1 Å². The molecule has 122 valence electrons. The molecule has 1 N–H and O–H groups in total. The van der Waals surface area contributed by atoms with Gasteiger partial charge in [0.2, 0.25) is 5.91 Å². The molecule has 1 aromatic heterocycles. The van der Waals surface area contributed by atoms with E-state index in [1.807, 2.05) is 0 Å². The highest BCUT2D eigenvalue weighted by Crippen LogP contribution is 2.09. The molecule has 22 heavy (non-hydrogen) atoms. The number of nitrogens with one attached hydrogen (secondary N) is 1. The predicted molar refractivity (Wildman–Crippen MR) is 82.8 cm³/mol. The van der Waals surface area contributed by atoms with Gasteiger partial charge in [-0.15, -0.1) is 0 Å². The van der Waals surface area contributed by atoms with Crippen molar-refractivity contribution in [3.05, 3.63) is 23.4 Å². The molecule has 8 heteroatoms. The van der Waals surface area contributed by atoms with Crippen LogP contribution in [0.15, 0.2) is 18.3 Å². The van der Waals surface area contributed by atoms with Gasteiger partial charge in [0, 0.05) is 19.9 Å². The minimum absolute atomic E-state index is 0.0265. The lowest BCUT2D eigenvalue weighted by Gasteiger charge is -2.20. The van der Waals surface area contributed by atoms with Gasteiger partial charge in [-0.3, -0.25) is 14.5 Å². The Kier molecular flexibility index (Phi) is 8.42. The van der Waals surface area contributed by atoms with Gasteiger partial charge in [-0.2, -0.15) is 0 Å². The molecule has 0 saturated heterocycles. The van der Waals surface area contributed by atoms with E-state index in [4.69, 9.17) is 21.1 Å². The zero-order valence-electron chi connectivity index (χ0n) is 12.7. The van der Waals surface area contributed by atoms with Gasteiger partial charge >= 0.3 is 5.97 Å². The minimum atomic E-state index is -0.379. The largest absolute Gasteiger partial charge is 0.465 e. The Labute approximate surface area is 134 Å². The molecule has 0 aliphatic heterocycles. The molecule has 0 radical (unpaired) electrons. The van der Waals surface area contributed by atoms with Crippen molar-refractivity contribution in [2.24, 2.45) is 0 Å². The van der Waals surface area contributed by atoms with Crippen LogP contribution in [0.3, 0.4) is 0 Å². The van der Waals surface area contributed by atoms with Crippen LogP contribution in [0, 0.1) is 0 Å². The molecule has 1 amide bonds. The molecular formula is C14H20ClN3O4. The van der Waals surface area contributed by atoms with Gasteiger partial charge in [-0.1, -0.05) is 11.6 Å². The first-order chi connectivity index (χ1) is 10.5. The fourth-order valence-corrected chi connectivity index (χ4v) is 1.77. The molecule has 1 aromatic rings. The Morgan fingerprint density at radius 3 is 2.73 bits per heavy atom. The van der Waals surface area contributed by atoms with E-state index < -0.39 is 0 Å². The molecule has 0 aromatic carbocycles. The van der Waals surface area contributed by atoms with E-state index in [0.29, 0.717) is 30.6 Å². The van der Waals surface area contributed by atoms with E-state index >= 15 is 0 Å². The molecule has 0 aliphatic rings. The van der Waals surface area contributed by atoms with E-state index in [9.17, 15) is 9.59 Å². The van der Waals surface area contributed by atoms with Crippen LogP contribution in [0.4, 0.5) is 5.82 Å². The van der Waals surface area contributed by atoms with Crippen molar-refractivity contribution in [2.45, 2.75) is 6.92 Å². The van der Waals surface area contributed by atoms with Crippen molar-refractivity contribution >= 4 is 29.3 Å². The average molecular weight is 330 g/mol. The highest BCUT2D eigenvalue weighted by Gasteiger charge is 2.15. The van der Waals surface area contributed by atoms with E-state index in [1.165, 1.54) is 6.20 Å². The summed E-state index contributed by atoms with van der Waals surface area (Å²) in [6.45, 7) is 2.95. The van der Waals surface area contributed by atoms with Crippen molar-refractivity contribution < 1.29 is 19.1 Å². The maximum absolute atomic E-state index is 12.0. The quantitative estimate of drug-likeness (QED) is 0.685. The summed E-state index contributed by atoms with van der Waals surface area (Å²) in [7, 11) is 1.56. The number of rotatable bonds is 9. The van der Waals surface area contributed by atoms with Crippen LogP contribution in [0.5, 0.6) is 0 Å². The summed E-state index contributed by atoms with van der Waals surface area (Å²) < 4.78 is 9.86. The van der Waals surface area contributed by atoms with Crippen LogP contribution in [0.25, 0.3) is 0 Å². The SMILES string of the molecule is CCOC(=O)CN(CCOC)CC(=O)Nc1ccc(Cl)cn1. The normalized spacial score (nSPS) is 10.5. The number of halogens is 1. The van der Waals surface area contributed by atoms with Crippen molar-refractivity contribution in [1.82, 2.24) is 9.88 Å². The summed E-state index contributed by atoms with van der Waals surface area (Å²) in [5.41, 5.74) is 0. The molecule has 0 atom stereocenters. The summed E-state index contributed by atoms with van der Waals surface area (Å²) in [4.78, 5) is 29.1. The van der Waals surface area contributed by atoms with Crippen LogP contribution in [-0.4, -0.2) is 61.7 Å². The topological polar surface area (TPSA) is 80.8 Å². The van der Waals surface area contributed by atoms with Crippen LogP contribution >= 0.6 is 11.6 Å². The second-order valence-corrected chi connectivity index (χ2v) is 4.85. The number of carbonyl (C=O) groups is 2. The smallest absolute Gasteiger partial charge is 0.320 e. The van der Waals surface area contributed by atoms with E-state index in [2.05, 4.69) is 10.3 Å². The third-order valence-electron chi connectivity index (χ3n) is 2.63. The predicted octanol–water partition coefficient (Wildman–Crippen LogP) is 1.18. The summed E-state index contributed by atoms with van der Waals surface area (Å²) in [6.07, 6.45) is 1.44. The highest BCUT2D eigenvalue weighted by atomic mass is 35.5. The van der Waals surface area contributed by atoms with Crippen molar-refractivity contribution in [2.75, 3.05) is 45.3 Å². The first kappa shape index (κ1) is 18.3. The Bertz CT molecular complexity index is 481. The van der Waals surface area contributed by atoms with Gasteiger partial charge in [0.05, 0.1) is 31.3 Å². The van der Waals surface area contributed by atoms with Gasteiger partial charge < -0.3 is 14.8 Å². The van der Waals surface area contributed by atoms with Crippen molar-refractivity contribution in [3.63, 3.8) is 0 Å². The number of hydrogen-bond donors (Lipinski definition) is 1. The van der Waals surface area contributed by atoms with Gasteiger partial charge in [-0.05, 0) is 19.1 Å². The number of pyridine rings is 1. The highest BCUT2D eigenvalue weighted by molar-refractivity contribution is 6.30. The van der Waals surface area contributed by atoms with Gasteiger partial charge in [0.1, 0.15) is 5.82 Å². The lowest BCUT2D eigenvalue weighted by Crippen LogP contribution is -2.39. The standard InChI is InChI=1S/C14H20ClN3O4/c1-3-22-14(20)10-18(6-7-21-2)9-13(19)17-12-5-4-11(15)8-16-12/h4-5,8H,3,6-7,9-10H2,1-2H3,(H,16,17,19). The summed E-state index contributed by atoms with van der Waals surface area (Å²) in [5, 5.41) is 3.13. The number of carbonyl (C=O) groups excluding carboxylic acids is 2. The number of hydrogen-bond acceptors (Lipinski definition) is 6. The molecule has 0 fully saturated rings. The third-order valence-corrected chi connectivity index (χ3v) is 2.86. The van der Waals surface area contributed by atoms with Gasteiger partial charge in [0.15, 0.2) is 0 Å². The Balaban J connectivity index is 2.53. The van der Waals surface area contributed by atoms with Crippen LogP contribution in [0.1, 0.15) is 6.92 Å². The molecular weight excluding hydrogens is 310 g/mol. The number of amides is 1. The Hall–Kier alpha value is -1.70. The Morgan fingerprint density at radius 2 is 2.14 bits per heavy atom. The molecule has 0 saturated carbocycles. The summed E-state index contributed by atoms with van der Waals surface area (Å²) in [6, 6.07) is 3.23. The second kappa shape index (κ2) is 10.1. The Morgan fingerprint density at radius 1 is 1.36 bits per heavy atom. The number of ether oxygens (including phenoxy) is 2. The number of anilines is 1. The zero-order chi connectivity index (χ0) is 16.4. The van der Waals surface area contributed by atoms with Crippen molar-refractivity contribution in [1.29, 1.82) is 0 Å². The number of aromatic nitrogens is 1. The third kappa shape index (κ3) is 7.35. The fraction of sp³-hybridized carbons (Fsp3) is 0.500. The lowest BCUT2D eigenvalue weighted by atomic mass is 10.4. The first-order valence-electron chi connectivity index (χ1n) is 6.83. The van der Waals surface area contributed by atoms with Gasteiger partial charge in [0.25, 0.3) is 0 Å². The maximum Gasteiger partial charge on any atom is 0.320 e. The lowest BCUT2D eigenvalue weighted by molar-refractivity contribution is -0.144. The number of esters is 1. The van der Waals surface area contributed by atoms with E-state index in [0.717, 1.165) is 0 Å². The first-order valence-corrected chi connectivity index (χ1v) is 7.21. The second-order valence-electron chi connectivity index (χ2n) is 4.42. The maximum atomic E-state index is 12.0. The monoisotopic (exact) mass is 329 g/mol. The fourth-order valence-electron chi connectivity index (χ4n) is 1.66. The molecule has 0 bridgehead atoms. The summed E-state index contributed by atoms with van der Waals surface area (Å²) >= 11 is 5.73. The molecule has 7 nitrogen and oxygen atoms in total. The van der Waals surface area contributed by atoms with Crippen molar-refractivity contribution in [3.8, 4) is 0 Å². The molecule has 1 rings (SSSR count). The molecule has 0 unspecified atom stereocenters.